The van der Waals surface area contributed by atoms with E-state index < -0.39 is 6.03 Å². The third-order valence-electron chi connectivity index (χ3n) is 2.23. The molecular formula is C11H18N4O2S3. The molecule has 6 nitrogen and oxygen atoms in total. The van der Waals surface area contributed by atoms with Gasteiger partial charge in [-0.3, -0.25) is 10.1 Å². The number of thioether (sulfide) groups is 2. The molecule has 0 saturated heterocycles. The predicted octanol–water partition coefficient (Wildman–Crippen LogP) is 2.37. The van der Waals surface area contributed by atoms with E-state index >= 15 is 0 Å². The van der Waals surface area contributed by atoms with Crippen molar-refractivity contribution in [2.24, 2.45) is 0 Å². The van der Waals surface area contributed by atoms with Gasteiger partial charge in [0.25, 0.3) is 0 Å². The maximum atomic E-state index is 11.6. The zero-order chi connectivity index (χ0) is 15.0. The molecule has 0 aliphatic carbocycles. The van der Waals surface area contributed by atoms with Crippen molar-refractivity contribution in [2.75, 3.05) is 11.5 Å². The van der Waals surface area contributed by atoms with E-state index in [0.29, 0.717) is 0 Å². The summed E-state index contributed by atoms with van der Waals surface area (Å²) < 4.78 is 1.63. The molecule has 0 radical (unpaired) electrons. The summed E-state index contributed by atoms with van der Waals surface area (Å²) >= 11 is 4.35. The molecule has 0 saturated carbocycles. The fourth-order valence-corrected chi connectivity index (χ4v) is 3.81. The number of nitrogens with one attached hydrogen (secondary N) is 2. The zero-order valence-electron chi connectivity index (χ0n) is 11.6. The van der Waals surface area contributed by atoms with Crippen molar-refractivity contribution in [3.8, 4) is 0 Å². The molecule has 3 amide bonds. The van der Waals surface area contributed by atoms with Crippen LogP contribution in [-0.2, 0) is 4.79 Å². The van der Waals surface area contributed by atoms with E-state index in [1.807, 2.05) is 20.8 Å². The minimum atomic E-state index is -0.454. The lowest BCUT2D eigenvalue weighted by atomic mass is 10.3. The van der Waals surface area contributed by atoms with Gasteiger partial charge in [0.1, 0.15) is 0 Å². The molecule has 0 fully saturated rings. The number of carbonyl (C=O) groups is 2. The van der Waals surface area contributed by atoms with Crippen molar-refractivity contribution in [2.45, 2.75) is 41.9 Å². The number of nitrogens with zero attached hydrogens (tertiary/aromatic N) is 2. The van der Waals surface area contributed by atoms with Crippen molar-refractivity contribution in [3.05, 3.63) is 0 Å². The first-order valence-electron chi connectivity index (χ1n) is 6.24. The van der Waals surface area contributed by atoms with Crippen molar-refractivity contribution >= 4 is 46.8 Å². The van der Waals surface area contributed by atoms with E-state index in [1.165, 1.54) is 23.1 Å². The first-order chi connectivity index (χ1) is 9.55. The second-order valence-corrected chi connectivity index (χ2v) is 7.60. The molecule has 112 valence electrons. The quantitative estimate of drug-likeness (QED) is 0.745. The lowest BCUT2D eigenvalue weighted by Gasteiger charge is -2.11. The second kappa shape index (κ2) is 9.19. The summed E-state index contributed by atoms with van der Waals surface area (Å²) in [4.78, 5) is 23.0. The Morgan fingerprint density at radius 2 is 1.90 bits per heavy atom. The highest BCUT2D eigenvalue weighted by Gasteiger charge is 2.12. The minimum absolute atomic E-state index is 0.0484. The Labute approximate surface area is 130 Å². The Morgan fingerprint density at radius 3 is 2.50 bits per heavy atom. The van der Waals surface area contributed by atoms with Crippen molar-refractivity contribution in [1.82, 2.24) is 20.8 Å². The van der Waals surface area contributed by atoms with E-state index in [9.17, 15) is 9.59 Å². The number of carbonyl (C=O) groups excluding carboxylic acids is 2. The number of aromatic nitrogens is 2. The molecule has 1 rings (SSSR count). The topological polar surface area (TPSA) is 84.0 Å². The Hall–Kier alpha value is -0.800. The standard InChI is InChI=1S/C11H18N4O2S3/c1-4-7(3)12-9(17)13-8(16)6-19-11-15-14-10(20-11)18-5-2/h7H,4-6H2,1-3H3,(H2,12,13,16,17)/t7-/m1/s1. The summed E-state index contributed by atoms with van der Waals surface area (Å²) in [5, 5.41) is 12.9. The zero-order valence-corrected chi connectivity index (χ0v) is 14.1. The second-order valence-electron chi connectivity index (χ2n) is 3.89. The van der Waals surface area contributed by atoms with Gasteiger partial charge in [0.15, 0.2) is 8.68 Å². The van der Waals surface area contributed by atoms with Crippen LogP contribution < -0.4 is 10.6 Å². The van der Waals surface area contributed by atoms with Gasteiger partial charge in [0, 0.05) is 6.04 Å². The number of imide groups is 1. The monoisotopic (exact) mass is 334 g/mol. The highest BCUT2D eigenvalue weighted by Crippen LogP contribution is 2.28. The lowest BCUT2D eigenvalue weighted by Crippen LogP contribution is -2.43. The van der Waals surface area contributed by atoms with Gasteiger partial charge >= 0.3 is 6.03 Å². The Morgan fingerprint density at radius 1 is 1.25 bits per heavy atom. The summed E-state index contributed by atoms with van der Waals surface area (Å²) in [6.07, 6.45) is 0.818. The van der Waals surface area contributed by atoms with Gasteiger partial charge in [-0.1, -0.05) is 48.7 Å². The molecule has 0 aliphatic rings. The minimum Gasteiger partial charge on any atom is -0.335 e. The van der Waals surface area contributed by atoms with Crippen LogP contribution in [-0.4, -0.2) is 39.7 Å². The summed E-state index contributed by atoms with van der Waals surface area (Å²) in [5.74, 6) is 0.755. The van der Waals surface area contributed by atoms with Crippen LogP contribution in [0.2, 0.25) is 0 Å². The SMILES string of the molecule is CCSc1nnc(SCC(=O)NC(=O)N[C@H](C)CC)s1. The van der Waals surface area contributed by atoms with Crippen LogP contribution in [0.25, 0.3) is 0 Å². The van der Waals surface area contributed by atoms with E-state index in [4.69, 9.17) is 0 Å². The van der Waals surface area contributed by atoms with E-state index in [-0.39, 0.29) is 17.7 Å². The van der Waals surface area contributed by atoms with Gasteiger partial charge in [-0.2, -0.15) is 0 Å². The number of hydrogen-bond acceptors (Lipinski definition) is 7. The van der Waals surface area contributed by atoms with Crippen LogP contribution in [0, 0.1) is 0 Å². The smallest absolute Gasteiger partial charge is 0.321 e. The van der Waals surface area contributed by atoms with E-state index in [0.717, 1.165) is 20.9 Å². The summed E-state index contributed by atoms with van der Waals surface area (Å²) in [7, 11) is 0. The van der Waals surface area contributed by atoms with Crippen LogP contribution in [0.1, 0.15) is 27.2 Å². The fourth-order valence-electron chi connectivity index (χ4n) is 1.09. The van der Waals surface area contributed by atoms with Crippen molar-refractivity contribution in [1.29, 1.82) is 0 Å². The first kappa shape index (κ1) is 17.3. The molecule has 2 N–H and O–H groups in total. The summed E-state index contributed by atoms with van der Waals surface area (Å²) in [5.41, 5.74) is 0. The highest BCUT2D eigenvalue weighted by molar-refractivity contribution is 8.03. The molecule has 20 heavy (non-hydrogen) atoms. The van der Waals surface area contributed by atoms with Crippen LogP contribution in [0.15, 0.2) is 8.68 Å². The molecule has 1 heterocycles. The maximum Gasteiger partial charge on any atom is 0.321 e. The summed E-state index contributed by atoms with van der Waals surface area (Å²) in [6, 6.07) is -0.406. The molecule has 1 aromatic heterocycles. The van der Waals surface area contributed by atoms with Gasteiger partial charge < -0.3 is 5.32 Å². The van der Waals surface area contributed by atoms with Gasteiger partial charge in [-0.25, -0.2) is 4.79 Å². The third-order valence-corrected chi connectivity index (χ3v) is 5.30. The molecule has 1 aromatic rings. The van der Waals surface area contributed by atoms with Crippen LogP contribution in [0.5, 0.6) is 0 Å². The Balaban J connectivity index is 2.30. The molecular weight excluding hydrogens is 316 g/mol. The molecule has 0 spiro atoms. The number of urea groups is 1. The number of amides is 3. The van der Waals surface area contributed by atoms with Gasteiger partial charge in [-0.05, 0) is 19.1 Å². The molecule has 0 unspecified atom stereocenters. The maximum absolute atomic E-state index is 11.6. The van der Waals surface area contributed by atoms with Gasteiger partial charge in [0.05, 0.1) is 5.75 Å². The third kappa shape index (κ3) is 6.58. The Kier molecular flexibility index (Phi) is 7.93. The number of hydrogen-bond donors (Lipinski definition) is 2. The molecule has 0 aromatic carbocycles. The van der Waals surface area contributed by atoms with Crippen LogP contribution >= 0.6 is 34.9 Å². The first-order valence-corrected chi connectivity index (χ1v) is 9.03. The van der Waals surface area contributed by atoms with Crippen LogP contribution in [0.3, 0.4) is 0 Å². The highest BCUT2D eigenvalue weighted by atomic mass is 32.2. The molecule has 9 heteroatoms. The lowest BCUT2D eigenvalue weighted by molar-refractivity contribution is -0.117. The van der Waals surface area contributed by atoms with E-state index in [1.54, 1.807) is 11.8 Å². The number of rotatable bonds is 7. The fraction of sp³-hybridized carbons (Fsp3) is 0.636. The normalized spacial score (nSPS) is 11.9. The van der Waals surface area contributed by atoms with Crippen molar-refractivity contribution in [3.63, 3.8) is 0 Å². The average molecular weight is 334 g/mol. The van der Waals surface area contributed by atoms with Crippen molar-refractivity contribution < 1.29 is 9.59 Å². The van der Waals surface area contributed by atoms with Crippen LogP contribution in [0.4, 0.5) is 4.79 Å². The summed E-state index contributed by atoms with van der Waals surface area (Å²) in [6.45, 7) is 5.89. The van der Waals surface area contributed by atoms with Gasteiger partial charge in [-0.15, -0.1) is 10.2 Å². The molecule has 0 bridgehead atoms. The Bertz CT molecular complexity index is 453. The molecule has 0 aliphatic heterocycles. The average Bonchev–Trinajstić information content (AvgIpc) is 2.84. The molecule has 1 atom stereocenters. The largest absolute Gasteiger partial charge is 0.335 e. The van der Waals surface area contributed by atoms with Gasteiger partial charge in [0.2, 0.25) is 5.91 Å². The van der Waals surface area contributed by atoms with E-state index in [2.05, 4.69) is 20.8 Å². The predicted molar refractivity (Wildman–Crippen MR) is 83.5 cm³/mol.